The van der Waals surface area contributed by atoms with Gasteiger partial charge in [-0.25, -0.2) is 9.18 Å². The van der Waals surface area contributed by atoms with E-state index in [1.807, 2.05) is 0 Å². The smallest absolute Gasteiger partial charge is 0.336 e. The summed E-state index contributed by atoms with van der Waals surface area (Å²) >= 11 is 8.65. The van der Waals surface area contributed by atoms with Gasteiger partial charge in [0, 0.05) is 10.6 Å². The van der Waals surface area contributed by atoms with E-state index in [9.17, 15) is 14.0 Å². The normalized spacial score (nSPS) is 10.3. The Hall–Kier alpha value is -1.72. The number of ketones is 1. The van der Waals surface area contributed by atoms with Gasteiger partial charge in [0.15, 0.2) is 5.78 Å². The van der Waals surface area contributed by atoms with Gasteiger partial charge in [-0.05, 0) is 52.3 Å². The van der Waals surface area contributed by atoms with E-state index in [1.54, 1.807) is 0 Å². The predicted molar refractivity (Wildman–Crippen MR) is 75.9 cm³/mol. The zero-order valence-corrected chi connectivity index (χ0v) is 12.2. The van der Waals surface area contributed by atoms with Gasteiger partial charge in [0.25, 0.3) is 0 Å². The first kappa shape index (κ1) is 14.7. The van der Waals surface area contributed by atoms with Crippen molar-refractivity contribution in [1.29, 1.82) is 0 Å². The highest BCUT2D eigenvalue weighted by Crippen LogP contribution is 2.27. The van der Waals surface area contributed by atoms with E-state index < -0.39 is 17.6 Å². The fourth-order valence-electron chi connectivity index (χ4n) is 1.70. The maximum atomic E-state index is 13.5. The molecular formula is C14H7BrClFO3. The van der Waals surface area contributed by atoms with Crippen molar-refractivity contribution < 1.29 is 19.1 Å². The summed E-state index contributed by atoms with van der Waals surface area (Å²) in [6, 6.07) is 7.96. The second-order valence-corrected chi connectivity index (χ2v) is 5.15. The molecule has 0 aromatic heterocycles. The molecule has 2 aromatic rings. The Labute approximate surface area is 127 Å². The van der Waals surface area contributed by atoms with Gasteiger partial charge in [0.1, 0.15) is 5.82 Å². The van der Waals surface area contributed by atoms with Gasteiger partial charge in [-0.2, -0.15) is 0 Å². The van der Waals surface area contributed by atoms with E-state index in [0.717, 1.165) is 12.1 Å². The zero-order chi connectivity index (χ0) is 14.9. The second kappa shape index (κ2) is 5.73. The molecule has 6 heteroatoms. The van der Waals surface area contributed by atoms with E-state index in [-0.39, 0.29) is 21.2 Å². The number of carboxylic acid groups (broad SMARTS) is 1. The van der Waals surface area contributed by atoms with Crippen LogP contribution in [0.4, 0.5) is 4.39 Å². The van der Waals surface area contributed by atoms with Crippen LogP contribution in [0.5, 0.6) is 0 Å². The third kappa shape index (κ3) is 2.73. The molecule has 102 valence electrons. The number of carboxylic acids is 1. The van der Waals surface area contributed by atoms with Crippen LogP contribution in [0.25, 0.3) is 0 Å². The summed E-state index contributed by atoms with van der Waals surface area (Å²) in [5, 5.41) is 9.55. The van der Waals surface area contributed by atoms with E-state index >= 15 is 0 Å². The Kier molecular flexibility index (Phi) is 4.20. The van der Waals surface area contributed by atoms with Crippen molar-refractivity contribution in [3.05, 3.63) is 68.4 Å². The van der Waals surface area contributed by atoms with Gasteiger partial charge in [0.05, 0.1) is 15.6 Å². The van der Waals surface area contributed by atoms with Gasteiger partial charge in [-0.15, -0.1) is 0 Å². The number of halogens is 3. The van der Waals surface area contributed by atoms with Crippen molar-refractivity contribution in [1.82, 2.24) is 0 Å². The zero-order valence-electron chi connectivity index (χ0n) is 9.86. The SMILES string of the molecule is O=C(O)c1ccc(F)c(Br)c1C(=O)c1ccc(Cl)cc1. The maximum absolute atomic E-state index is 13.5. The molecule has 0 amide bonds. The Balaban J connectivity index is 2.62. The Morgan fingerprint density at radius 3 is 2.25 bits per heavy atom. The number of hydrogen-bond donors (Lipinski definition) is 1. The lowest BCUT2D eigenvalue weighted by molar-refractivity contribution is 0.0692. The average Bonchev–Trinajstić information content (AvgIpc) is 2.41. The minimum absolute atomic E-state index is 0.169. The Morgan fingerprint density at radius 2 is 1.70 bits per heavy atom. The van der Waals surface area contributed by atoms with Crippen LogP contribution >= 0.6 is 27.5 Å². The second-order valence-electron chi connectivity index (χ2n) is 3.93. The summed E-state index contributed by atoms with van der Waals surface area (Å²) in [5.41, 5.74) is -0.263. The molecule has 20 heavy (non-hydrogen) atoms. The molecule has 0 saturated heterocycles. The molecule has 0 heterocycles. The average molecular weight is 358 g/mol. The summed E-state index contributed by atoms with van der Waals surface area (Å²) in [6.45, 7) is 0. The van der Waals surface area contributed by atoms with Crippen molar-refractivity contribution >= 4 is 39.3 Å². The van der Waals surface area contributed by atoms with Crippen molar-refractivity contribution in [2.24, 2.45) is 0 Å². The minimum Gasteiger partial charge on any atom is -0.478 e. The molecule has 0 spiro atoms. The molecule has 3 nitrogen and oxygen atoms in total. The lowest BCUT2D eigenvalue weighted by Crippen LogP contribution is -2.11. The predicted octanol–water partition coefficient (Wildman–Crippen LogP) is 4.17. The van der Waals surface area contributed by atoms with E-state index in [2.05, 4.69) is 15.9 Å². The minimum atomic E-state index is -1.30. The van der Waals surface area contributed by atoms with Crippen LogP contribution in [0.1, 0.15) is 26.3 Å². The highest BCUT2D eigenvalue weighted by molar-refractivity contribution is 9.10. The molecule has 0 bridgehead atoms. The van der Waals surface area contributed by atoms with Crippen LogP contribution < -0.4 is 0 Å². The van der Waals surface area contributed by atoms with Crippen LogP contribution in [-0.4, -0.2) is 16.9 Å². The van der Waals surface area contributed by atoms with Gasteiger partial charge in [-0.1, -0.05) is 11.6 Å². The van der Waals surface area contributed by atoms with Crippen LogP contribution in [0.2, 0.25) is 5.02 Å². The van der Waals surface area contributed by atoms with Gasteiger partial charge < -0.3 is 5.11 Å². The Bertz CT molecular complexity index is 698. The summed E-state index contributed by atoms with van der Waals surface area (Å²) in [6.07, 6.45) is 0. The highest BCUT2D eigenvalue weighted by Gasteiger charge is 2.23. The van der Waals surface area contributed by atoms with Crippen molar-refractivity contribution in [2.45, 2.75) is 0 Å². The van der Waals surface area contributed by atoms with Crippen LogP contribution in [0.3, 0.4) is 0 Å². The fourth-order valence-corrected chi connectivity index (χ4v) is 2.35. The third-order valence-electron chi connectivity index (χ3n) is 2.66. The molecule has 0 radical (unpaired) electrons. The van der Waals surface area contributed by atoms with Crippen LogP contribution in [-0.2, 0) is 0 Å². The van der Waals surface area contributed by atoms with Gasteiger partial charge in [0.2, 0.25) is 0 Å². The summed E-state index contributed by atoms with van der Waals surface area (Å²) in [4.78, 5) is 23.5. The van der Waals surface area contributed by atoms with E-state index in [0.29, 0.717) is 5.02 Å². The first-order chi connectivity index (χ1) is 9.41. The molecule has 0 atom stereocenters. The molecule has 0 aliphatic heterocycles. The van der Waals surface area contributed by atoms with Crippen LogP contribution in [0.15, 0.2) is 40.9 Å². The summed E-state index contributed by atoms with van der Waals surface area (Å²) in [5.74, 6) is -2.60. The molecule has 0 saturated carbocycles. The van der Waals surface area contributed by atoms with Gasteiger partial charge >= 0.3 is 5.97 Å². The largest absolute Gasteiger partial charge is 0.478 e. The summed E-state index contributed by atoms with van der Waals surface area (Å²) < 4.78 is 13.4. The topological polar surface area (TPSA) is 54.4 Å². The van der Waals surface area contributed by atoms with Crippen molar-refractivity contribution in [2.75, 3.05) is 0 Å². The molecule has 2 rings (SSSR count). The molecule has 0 aliphatic rings. The highest BCUT2D eigenvalue weighted by atomic mass is 79.9. The monoisotopic (exact) mass is 356 g/mol. The number of carbonyl (C=O) groups excluding carboxylic acids is 1. The van der Waals surface area contributed by atoms with Crippen molar-refractivity contribution in [3.8, 4) is 0 Å². The van der Waals surface area contributed by atoms with Crippen molar-refractivity contribution in [3.63, 3.8) is 0 Å². The number of carbonyl (C=O) groups is 2. The molecule has 0 unspecified atom stereocenters. The third-order valence-corrected chi connectivity index (χ3v) is 3.69. The molecule has 0 fully saturated rings. The Morgan fingerprint density at radius 1 is 1.10 bits per heavy atom. The van der Waals surface area contributed by atoms with Gasteiger partial charge in [-0.3, -0.25) is 4.79 Å². The standard InChI is InChI=1S/C14H7BrClFO3/c15-12-10(17)6-5-9(14(19)20)11(12)13(18)7-1-3-8(16)4-2-7/h1-6H,(H,19,20). The van der Waals surface area contributed by atoms with Crippen LogP contribution in [0, 0.1) is 5.82 Å². The van der Waals surface area contributed by atoms with E-state index in [1.165, 1.54) is 24.3 Å². The molecule has 0 aliphatic carbocycles. The molecule has 2 aromatic carbocycles. The van der Waals surface area contributed by atoms with E-state index in [4.69, 9.17) is 16.7 Å². The first-order valence-electron chi connectivity index (χ1n) is 5.43. The number of rotatable bonds is 3. The maximum Gasteiger partial charge on any atom is 0.336 e. The molecule has 1 N–H and O–H groups in total. The number of hydrogen-bond acceptors (Lipinski definition) is 2. The fraction of sp³-hybridized carbons (Fsp3) is 0. The quantitative estimate of drug-likeness (QED) is 0.839. The summed E-state index contributed by atoms with van der Waals surface area (Å²) in [7, 11) is 0. The number of benzene rings is 2. The molecular weight excluding hydrogens is 351 g/mol. The lowest BCUT2D eigenvalue weighted by Gasteiger charge is -2.09. The lowest BCUT2D eigenvalue weighted by atomic mass is 9.98. The first-order valence-corrected chi connectivity index (χ1v) is 6.60. The number of aromatic carboxylic acids is 1.